The van der Waals surface area contributed by atoms with Crippen LogP contribution in [-0.4, -0.2) is 23.9 Å². The van der Waals surface area contributed by atoms with Gasteiger partial charge in [0.2, 0.25) is 0 Å². The van der Waals surface area contributed by atoms with Crippen LogP contribution in [0.15, 0.2) is 97.1 Å². The SMILES string of the molecule is Cc1ccccc1-c1ccc2c(c1)NC(=O)/C2=C(\Nc1ccc(CN2CCCCC2)cc1)c1ccccc1. The zero-order valence-corrected chi connectivity index (χ0v) is 21.8. The fourth-order valence-corrected chi connectivity index (χ4v) is 5.58. The Kier molecular flexibility index (Phi) is 6.80. The molecule has 4 aromatic rings. The number of aryl methyl sites for hydroxylation is 1. The van der Waals surface area contributed by atoms with Crippen molar-refractivity contribution in [1.29, 1.82) is 0 Å². The summed E-state index contributed by atoms with van der Waals surface area (Å²) in [6, 6.07) is 33.3. The van der Waals surface area contributed by atoms with Gasteiger partial charge in [-0.05, 0) is 78.9 Å². The maximum atomic E-state index is 13.4. The van der Waals surface area contributed by atoms with Crippen LogP contribution in [0.5, 0.6) is 0 Å². The summed E-state index contributed by atoms with van der Waals surface area (Å²) >= 11 is 0. The normalized spacial score (nSPS) is 16.6. The van der Waals surface area contributed by atoms with Gasteiger partial charge in [-0.2, -0.15) is 0 Å². The Morgan fingerprint density at radius 1 is 0.816 bits per heavy atom. The van der Waals surface area contributed by atoms with Crippen molar-refractivity contribution in [2.24, 2.45) is 0 Å². The van der Waals surface area contributed by atoms with Gasteiger partial charge in [-0.25, -0.2) is 0 Å². The predicted octanol–water partition coefficient (Wildman–Crippen LogP) is 7.58. The Bertz CT molecular complexity index is 1480. The Balaban J connectivity index is 1.34. The Morgan fingerprint density at radius 2 is 1.55 bits per heavy atom. The first-order chi connectivity index (χ1) is 18.7. The standard InChI is InChI=1S/C34H33N3O/c1-24-10-6-7-13-29(24)27-16-19-30-31(22-27)36-34(38)32(30)33(26-11-4-2-5-12-26)35-28-17-14-25(15-18-28)23-37-20-8-3-9-21-37/h2,4-7,10-19,22,35H,3,8-9,20-21,23H2,1H3,(H,36,38)/b33-32-. The van der Waals surface area contributed by atoms with Crippen LogP contribution in [0.25, 0.3) is 22.4 Å². The molecule has 1 saturated heterocycles. The van der Waals surface area contributed by atoms with E-state index in [0.717, 1.165) is 40.3 Å². The molecule has 2 heterocycles. The van der Waals surface area contributed by atoms with Gasteiger partial charge in [-0.1, -0.05) is 85.3 Å². The molecule has 4 aromatic carbocycles. The van der Waals surface area contributed by atoms with Crippen LogP contribution >= 0.6 is 0 Å². The Morgan fingerprint density at radius 3 is 2.32 bits per heavy atom. The van der Waals surface area contributed by atoms with E-state index >= 15 is 0 Å². The molecule has 1 fully saturated rings. The van der Waals surface area contributed by atoms with Crippen LogP contribution in [0.4, 0.5) is 11.4 Å². The number of nitrogens with one attached hydrogen (secondary N) is 2. The molecule has 0 saturated carbocycles. The van der Waals surface area contributed by atoms with Crippen LogP contribution in [0, 0.1) is 6.92 Å². The number of anilines is 2. The van der Waals surface area contributed by atoms with E-state index in [0.29, 0.717) is 5.57 Å². The van der Waals surface area contributed by atoms with Gasteiger partial charge in [0.05, 0.1) is 11.3 Å². The van der Waals surface area contributed by atoms with Gasteiger partial charge in [0.1, 0.15) is 0 Å². The average Bonchev–Trinajstić information content (AvgIpc) is 3.28. The third kappa shape index (κ3) is 5.00. The maximum Gasteiger partial charge on any atom is 0.258 e. The van der Waals surface area contributed by atoms with Crippen molar-refractivity contribution in [3.63, 3.8) is 0 Å². The van der Waals surface area contributed by atoms with Gasteiger partial charge < -0.3 is 10.6 Å². The molecule has 0 aliphatic carbocycles. The molecule has 0 radical (unpaired) electrons. The third-order valence-corrected chi connectivity index (χ3v) is 7.61. The minimum Gasteiger partial charge on any atom is -0.354 e. The number of carbonyl (C=O) groups excluding carboxylic acids is 1. The van der Waals surface area contributed by atoms with Crippen molar-refractivity contribution in [2.45, 2.75) is 32.7 Å². The molecular weight excluding hydrogens is 466 g/mol. The van der Waals surface area contributed by atoms with Gasteiger partial charge in [0, 0.05) is 23.5 Å². The lowest BCUT2D eigenvalue weighted by molar-refractivity contribution is -0.110. The molecule has 1 amide bonds. The fourth-order valence-electron chi connectivity index (χ4n) is 5.58. The van der Waals surface area contributed by atoms with Crippen LogP contribution in [0.2, 0.25) is 0 Å². The molecule has 2 aliphatic heterocycles. The van der Waals surface area contributed by atoms with Gasteiger partial charge in [0.25, 0.3) is 5.91 Å². The first-order valence-electron chi connectivity index (χ1n) is 13.6. The summed E-state index contributed by atoms with van der Waals surface area (Å²) in [5.41, 5.74) is 9.99. The molecule has 2 N–H and O–H groups in total. The van der Waals surface area contributed by atoms with Crippen LogP contribution in [-0.2, 0) is 11.3 Å². The van der Waals surface area contributed by atoms with Crippen molar-refractivity contribution in [1.82, 2.24) is 4.90 Å². The molecule has 38 heavy (non-hydrogen) atoms. The van der Waals surface area contributed by atoms with Crippen LogP contribution < -0.4 is 10.6 Å². The fraction of sp³-hybridized carbons (Fsp3) is 0.206. The highest BCUT2D eigenvalue weighted by molar-refractivity contribution is 6.37. The highest BCUT2D eigenvalue weighted by Crippen LogP contribution is 2.40. The number of fused-ring (bicyclic) bond motifs is 1. The number of rotatable bonds is 6. The molecule has 2 aliphatic rings. The van der Waals surface area contributed by atoms with Gasteiger partial charge in [-0.15, -0.1) is 0 Å². The van der Waals surface area contributed by atoms with Crippen LogP contribution in [0.3, 0.4) is 0 Å². The summed E-state index contributed by atoms with van der Waals surface area (Å²) in [5.74, 6) is -0.0880. The first-order valence-corrected chi connectivity index (χ1v) is 13.6. The molecule has 0 bridgehead atoms. The third-order valence-electron chi connectivity index (χ3n) is 7.61. The van der Waals surface area contributed by atoms with Crippen molar-refractivity contribution in [3.05, 3.63) is 119 Å². The number of nitrogens with zero attached hydrogens (tertiary/aromatic N) is 1. The largest absolute Gasteiger partial charge is 0.354 e. The molecule has 6 rings (SSSR count). The lowest BCUT2D eigenvalue weighted by Crippen LogP contribution is -2.29. The highest BCUT2D eigenvalue weighted by Gasteiger charge is 2.29. The zero-order valence-electron chi connectivity index (χ0n) is 21.8. The first kappa shape index (κ1) is 24.2. The van der Waals surface area contributed by atoms with Crippen molar-refractivity contribution >= 4 is 28.6 Å². The maximum absolute atomic E-state index is 13.4. The second-order valence-corrected chi connectivity index (χ2v) is 10.3. The topological polar surface area (TPSA) is 44.4 Å². The lowest BCUT2D eigenvalue weighted by atomic mass is 9.95. The summed E-state index contributed by atoms with van der Waals surface area (Å²) in [6.07, 6.45) is 3.94. The summed E-state index contributed by atoms with van der Waals surface area (Å²) in [6.45, 7) is 5.47. The number of carbonyl (C=O) groups is 1. The van der Waals surface area contributed by atoms with E-state index in [9.17, 15) is 4.79 Å². The summed E-state index contributed by atoms with van der Waals surface area (Å²) in [5, 5.41) is 6.73. The summed E-state index contributed by atoms with van der Waals surface area (Å²) < 4.78 is 0. The van der Waals surface area contributed by atoms with Crippen molar-refractivity contribution < 1.29 is 4.79 Å². The zero-order chi connectivity index (χ0) is 25.9. The second kappa shape index (κ2) is 10.7. The summed E-state index contributed by atoms with van der Waals surface area (Å²) in [7, 11) is 0. The van der Waals surface area contributed by atoms with E-state index in [1.54, 1.807) is 0 Å². The van der Waals surface area contributed by atoms with Crippen LogP contribution in [0.1, 0.15) is 41.5 Å². The van der Waals surface area contributed by atoms with Gasteiger partial charge in [0.15, 0.2) is 0 Å². The van der Waals surface area contributed by atoms with E-state index in [1.165, 1.54) is 49.0 Å². The molecule has 0 aromatic heterocycles. The number of hydrogen-bond donors (Lipinski definition) is 2. The highest BCUT2D eigenvalue weighted by atomic mass is 16.2. The van der Waals surface area contributed by atoms with E-state index in [2.05, 4.69) is 83.1 Å². The number of piperidine rings is 1. The molecule has 190 valence electrons. The van der Waals surface area contributed by atoms with E-state index < -0.39 is 0 Å². The van der Waals surface area contributed by atoms with Gasteiger partial charge >= 0.3 is 0 Å². The molecular formula is C34H33N3O. The van der Waals surface area contributed by atoms with E-state index in [1.807, 2.05) is 36.4 Å². The smallest absolute Gasteiger partial charge is 0.258 e. The second-order valence-electron chi connectivity index (χ2n) is 10.3. The molecule has 0 atom stereocenters. The van der Waals surface area contributed by atoms with E-state index in [4.69, 9.17) is 0 Å². The number of amides is 1. The lowest BCUT2D eigenvalue weighted by Gasteiger charge is -2.26. The molecule has 4 nitrogen and oxygen atoms in total. The number of likely N-dealkylation sites (tertiary alicyclic amines) is 1. The number of benzene rings is 4. The monoisotopic (exact) mass is 499 g/mol. The number of hydrogen-bond acceptors (Lipinski definition) is 3. The Hall–Kier alpha value is -4.15. The minimum atomic E-state index is -0.0880. The van der Waals surface area contributed by atoms with Crippen molar-refractivity contribution in [3.8, 4) is 11.1 Å². The van der Waals surface area contributed by atoms with E-state index in [-0.39, 0.29) is 5.91 Å². The quantitative estimate of drug-likeness (QED) is 0.269. The average molecular weight is 500 g/mol. The molecule has 0 spiro atoms. The predicted molar refractivity (Wildman–Crippen MR) is 158 cm³/mol. The molecule has 0 unspecified atom stereocenters. The molecule has 4 heteroatoms. The van der Waals surface area contributed by atoms with Gasteiger partial charge in [-0.3, -0.25) is 9.69 Å². The van der Waals surface area contributed by atoms with Crippen molar-refractivity contribution in [2.75, 3.05) is 23.7 Å². The summed E-state index contributed by atoms with van der Waals surface area (Å²) in [4.78, 5) is 15.9. The minimum absolute atomic E-state index is 0.0880. The Labute approximate surface area is 225 Å².